The van der Waals surface area contributed by atoms with Gasteiger partial charge in [-0.1, -0.05) is 0 Å². The van der Waals surface area contributed by atoms with Crippen LogP contribution < -0.4 is 4.74 Å². The molecule has 6 heteroatoms. The molecule has 22 heavy (non-hydrogen) atoms. The maximum atomic E-state index is 11.7. The molecule has 2 aromatic heterocycles. The van der Waals surface area contributed by atoms with Crippen LogP contribution in [0.2, 0.25) is 0 Å². The van der Waals surface area contributed by atoms with Crippen LogP contribution in [0.3, 0.4) is 0 Å². The van der Waals surface area contributed by atoms with Crippen LogP contribution in [0, 0.1) is 6.92 Å². The second-order valence-corrected chi connectivity index (χ2v) is 5.67. The SMILES string of the molecule is COC(=O)c1nc(C)c(-c2ccnc3ccc(OC)cc23)s1. The number of fused-ring (bicyclic) bond motifs is 1. The van der Waals surface area contributed by atoms with E-state index in [9.17, 15) is 4.79 Å². The number of benzene rings is 1. The van der Waals surface area contributed by atoms with Gasteiger partial charge in [0.2, 0.25) is 5.01 Å². The minimum absolute atomic E-state index is 0.350. The Morgan fingerprint density at radius 1 is 1.23 bits per heavy atom. The van der Waals surface area contributed by atoms with Gasteiger partial charge in [0.25, 0.3) is 0 Å². The first-order chi connectivity index (χ1) is 10.6. The number of carbonyl (C=O) groups is 1. The van der Waals surface area contributed by atoms with Crippen LogP contribution in [-0.4, -0.2) is 30.2 Å². The van der Waals surface area contributed by atoms with Crippen molar-refractivity contribution in [3.05, 3.63) is 41.2 Å². The van der Waals surface area contributed by atoms with E-state index in [2.05, 4.69) is 9.97 Å². The van der Waals surface area contributed by atoms with Gasteiger partial charge in [-0.2, -0.15) is 0 Å². The molecule has 2 heterocycles. The molecule has 3 aromatic rings. The summed E-state index contributed by atoms with van der Waals surface area (Å²) in [5.41, 5.74) is 2.64. The lowest BCUT2D eigenvalue weighted by Gasteiger charge is -2.06. The van der Waals surface area contributed by atoms with Gasteiger partial charge in [-0.3, -0.25) is 4.98 Å². The number of aryl methyl sites for hydroxylation is 1. The molecule has 0 aliphatic carbocycles. The molecule has 0 bridgehead atoms. The van der Waals surface area contributed by atoms with Crippen LogP contribution >= 0.6 is 11.3 Å². The number of hydrogen-bond acceptors (Lipinski definition) is 6. The van der Waals surface area contributed by atoms with Crippen LogP contribution in [0.25, 0.3) is 21.3 Å². The fraction of sp³-hybridized carbons (Fsp3) is 0.188. The maximum Gasteiger partial charge on any atom is 0.367 e. The molecule has 1 aromatic carbocycles. The van der Waals surface area contributed by atoms with E-state index in [4.69, 9.17) is 9.47 Å². The Hall–Kier alpha value is -2.47. The number of esters is 1. The number of pyridine rings is 1. The van der Waals surface area contributed by atoms with E-state index in [1.54, 1.807) is 13.3 Å². The van der Waals surface area contributed by atoms with E-state index in [0.717, 1.165) is 32.8 Å². The number of nitrogens with zero attached hydrogens (tertiary/aromatic N) is 2. The highest BCUT2D eigenvalue weighted by Crippen LogP contribution is 2.35. The van der Waals surface area contributed by atoms with Crippen molar-refractivity contribution >= 4 is 28.2 Å². The third-order valence-electron chi connectivity index (χ3n) is 3.35. The summed E-state index contributed by atoms with van der Waals surface area (Å²) in [7, 11) is 2.98. The third kappa shape index (κ3) is 2.42. The first-order valence-electron chi connectivity index (χ1n) is 6.63. The summed E-state index contributed by atoms with van der Waals surface area (Å²) in [6, 6.07) is 7.64. The third-order valence-corrected chi connectivity index (χ3v) is 4.52. The number of thiazole rings is 1. The summed E-state index contributed by atoms with van der Waals surface area (Å²) in [6.07, 6.45) is 1.75. The van der Waals surface area contributed by atoms with E-state index in [-0.39, 0.29) is 0 Å². The van der Waals surface area contributed by atoms with Crippen LogP contribution in [0.4, 0.5) is 0 Å². The summed E-state index contributed by atoms with van der Waals surface area (Å²) < 4.78 is 10.0. The number of ether oxygens (including phenoxy) is 2. The summed E-state index contributed by atoms with van der Waals surface area (Å²) in [4.78, 5) is 21.3. The quantitative estimate of drug-likeness (QED) is 0.693. The van der Waals surface area contributed by atoms with Crippen molar-refractivity contribution in [3.8, 4) is 16.2 Å². The molecular formula is C16H14N2O3S. The van der Waals surface area contributed by atoms with Gasteiger partial charge in [-0.25, -0.2) is 9.78 Å². The molecule has 112 valence electrons. The Balaban J connectivity index is 2.21. The molecule has 0 radical (unpaired) electrons. The molecule has 0 amide bonds. The first kappa shape index (κ1) is 14.5. The number of aromatic nitrogens is 2. The van der Waals surface area contributed by atoms with Gasteiger partial charge >= 0.3 is 5.97 Å². The van der Waals surface area contributed by atoms with Gasteiger partial charge in [0.1, 0.15) is 5.75 Å². The van der Waals surface area contributed by atoms with Crippen molar-refractivity contribution in [2.75, 3.05) is 14.2 Å². The van der Waals surface area contributed by atoms with E-state index >= 15 is 0 Å². The molecular weight excluding hydrogens is 300 g/mol. The van der Waals surface area contributed by atoms with Gasteiger partial charge in [-0.05, 0) is 31.2 Å². The van der Waals surface area contributed by atoms with Crippen LogP contribution in [0.15, 0.2) is 30.5 Å². The zero-order chi connectivity index (χ0) is 15.7. The van der Waals surface area contributed by atoms with Crippen molar-refractivity contribution in [1.29, 1.82) is 0 Å². The standard InChI is InChI=1S/C16H14N2O3S/c1-9-14(22-15(18-9)16(19)21-3)11-6-7-17-13-5-4-10(20-2)8-12(11)13/h4-8H,1-3H3. The highest BCUT2D eigenvalue weighted by Gasteiger charge is 2.17. The van der Waals surface area contributed by atoms with Crippen molar-refractivity contribution < 1.29 is 14.3 Å². The predicted molar refractivity (Wildman–Crippen MR) is 85.5 cm³/mol. The Morgan fingerprint density at radius 2 is 2.05 bits per heavy atom. The minimum atomic E-state index is -0.421. The fourth-order valence-electron chi connectivity index (χ4n) is 2.27. The number of carbonyl (C=O) groups excluding carboxylic acids is 1. The van der Waals surface area contributed by atoms with E-state index in [1.165, 1.54) is 18.4 Å². The lowest BCUT2D eigenvalue weighted by atomic mass is 10.1. The molecule has 0 atom stereocenters. The minimum Gasteiger partial charge on any atom is -0.497 e. The van der Waals surface area contributed by atoms with Crippen LogP contribution in [-0.2, 0) is 4.74 Å². The van der Waals surface area contributed by atoms with Crippen molar-refractivity contribution in [3.63, 3.8) is 0 Å². The molecule has 0 N–H and O–H groups in total. The average molecular weight is 314 g/mol. The normalized spacial score (nSPS) is 10.7. The van der Waals surface area contributed by atoms with Gasteiger partial charge < -0.3 is 9.47 Å². The summed E-state index contributed by atoms with van der Waals surface area (Å²) in [5.74, 6) is 0.340. The second-order valence-electron chi connectivity index (χ2n) is 4.67. The van der Waals surface area contributed by atoms with Gasteiger partial charge in [-0.15, -0.1) is 11.3 Å². The molecule has 0 saturated carbocycles. The summed E-state index contributed by atoms with van der Waals surface area (Å²) in [6.45, 7) is 1.88. The Morgan fingerprint density at radius 3 is 2.77 bits per heavy atom. The zero-order valence-electron chi connectivity index (χ0n) is 12.4. The summed E-state index contributed by atoms with van der Waals surface area (Å²) in [5, 5.41) is 1.31. The van der Waals surface area contributed by atoms with Gasteiger partial charge in [0.15, 0.2) is 0 Å². The highest BCUT2D eigenvalue weighted by atomic mass is 32.1. The molecule has 5 nitrogen and oxygen atoms in total. The monoisotopic (exact) mass is 314 g/mol. The highest BCUT2D eigenvalue weighted by molar-refractivity contribution is 7.17. The Kier molecular flexibility index (Phi) is 3.77. The van der Waals surface area contributed by atoms with E-state index in [0.29, 0.717) is 5.01 Å². The lowest BCUT2D eigenvalue weighted by molar-refractivity contribution is 0.0600. The fourth-order valence-corrected chi connectivity index (χ4v) is 3.30. The van der Waals surface area contributed by atoms with Crippen LogP contribution in [0.5, 0.6) is 5.75 Å². The molecule has 3 rings (SSSR count). The Bertz CT molecular complexity index is 858. The van der Waals surface area contributed by atoms with E-state index < -0.39 is 5.97 Å². The molecule has 0 unspecified atom stereocenters. The predicted octanol–water partition coefficient (Wildman–Crippen LogP) is 3.46. The number of hydrogen-bond donors (Lipinski definition) is 0. The first-order valence-corrected chi connectivity index (χ1v) is 7.44. The zero-order valence-corrected chi connectivity index (χ0v) is 13.2. The molecule has 0 aliphatic rings. The lowest BCUT2D eigenvalue weighted by Crippen LogP contribution is -1.99. The molecule has 0 saturated heterocycles. The molecule has 0 aliphatic heterocycles. The van der Waals surface area contributed by atoms with Crippen molar-refractivity contribution in [2.45, 2.75) is 6.92 Å². The Labute approximate surface area is 131 Å². The van der Waals surface area contributed by atoms with Crippen LogP contribution in [0.1, 0.15) is 15.5 Å². The smallest absolute Gasteiger partial charge is 0.367 e. The topological polar surface area (TPSA) is 61.3 Å². The largest absolute Gasteiger partial charge is 0.497 e. The number of methoxy groups -OCH3 is 2. The average Bonchev–Trinajstić information content (AvgIpc) is 2.94. The van der Waals surface area contributed by atoms with Gasteiger partial charge in [0, 0.05) is 17.1 Å². The van der Waals surface area contributed by atoms with E-state index in [1.807, 2.05) is 31.2 Å². The second kappa shape index (κ2) is 5.73. The summed E-state index contributed by atoms with van der Waals surface area (Å²) >= 11 is 1.32. The van der Waals surface area contributed by atoms with Crippen molar-refractivity contribution in [2.24, 2.45) is 0 Å². The molecule has 0 fully saturated rings. The van der Waals surface area contributed by atoms with Gasteiger partial charge in [0.05, 0.1) is 30.3 Å². The molecule has 0 spiro atoms. The maximum absolute atomic E-state index is 11.7. The van der Waals surface area contributed by atoms with Crippen molar-refractivity contribution in [1.82, 2.24) is 9.97 Å². The number of rotatable bonds is 3.